The SMILES string of the molecule is O=C(O)CCc1cccc(Br)c1CO. The molecule has 0 radical (unpaired) electrons. The van der Waals surface area contributed by atoms with Crippen LogP contribution in [0, 0.1) is 0 Å². The minimum absolute atomic E-state index is 0.0730. The predicted octanol–water partition coefficient (Wildman–Crippen LogP) is 1.96. The van der Waals surface area contributed by atoms with Crippen molar-refractivity contribution in [1.29, 1.82) is 0 Å². The Labute approximate surface area is 90.5 Å². The van der Waals surface area contributed by atoms with Gasteiger partial charge in [-0.3, -0.25) is 4.79 Å². The van der Waals surface area contributed by atoms with Gasteiger partial charge >= 0.3 is 5.97 Å². The molecule has 0 atom stereocenters. The van der Waals surface area contributed by atoms with E-state index in [9.17, 15) is 4.79 Å². The Morgan fingerprint density at radius 2 is 2.14 bits per heavy atom. The van der Waals surface area contributed by atoms with E-state index in [1.807, 2.05) is 18.2 Å². The highest BCUT2D eigenvalue weighted by molar-refractivity contribution is 9.10. The summed E-state index contributed by atoms with van der Waals surface area (Å²) in [5, 5.41) is 17.6. The van der Waals surface area contributed by atoms with E-state index in [2.05, 4.69) is 15.9 Å². The first kappa shape index (κ1) is 11.2. The number of halogens is 1. The quantitative estimate of drug-likeness (QED) is 0.868. The molecule has 2 N–H and O–H groups in total. The Balaban J connectivity index is 2.85. The van der Waals surface area contributed by atoms with Crippen LogP contribution in [0.2, 0.25) is 0 Å². The molecule has 0 bridgehead atoms. The molecule has 76 valence electrons. The summed E-state index contributed by atoms with van der Waals surface area (Å²) in [5.74, 6) is -0.825. The lowest BCUT2D eigenvalue weighted by molar-refractivity contribution is -0.136. The van der Waals surface area contributed by atoms with Gasteiger partial charge in [0.2, 0.25) is 0 Å². The van der Waals surface area contributed by atoms with E-state index < -0.39 is 5.97 Å². The predicted molar refractivity (Wildman–Crippen MR) is 56.0 cm³/mol. The summed E-state index contributed by atoms with van der Waals surface area (Å²) in [5.41, 5.74) is 1.65. The molecule has 0 aliphatic carbocycles. The summed E-state index contributed by atoms with van der Waals surface area (Å²) >= 11 is 3.31. The van der Waals surface area contributed by atoms with Gasteiger partial charge in [0.15, 0.2) is 0 Å². The number of aliphatic hydroxyl groups is 1. The summed E-state index contributed by atoms with van der Waals surface area (Å²) in [7, 11) is 0. The number of aliphatic hydroxyl groups excluding tert-OH is 1. The number of carbonyl (C=O) groups is 1. The van der Waals surface area contributed by atoms with Crippen LogP contribution in [0.15, 0.2) is 22.7 Å². The smallest absolute Gasteiger partial charge is 0.303 e. The van der Waals surface area contributed by atoms with E-state index in [-0.39, 0.29) is 13.0 Å². The molecule has 0 saturated heterocycles. The average Bonchev–Trinajstić information content (AvgIpc) is 2.14. The summed E-state index contributed by atoms with van der Waals surface area (Å²) in [6.45, 7) is -0.0730. The third-order valence-electron chi connectivity index (χ3n) is 1.98. The Bertz CT molecular complexity index is 336. The topological polar surface area (TPSA) is 57.5 Å². The maximum Gasteiger partial charge on any atom is 0.303 e. The number of hydrogen-bond donors (Lipinski definition) is 2. The largest absolute Gasteiger partial charge is 0.481 e. The van der Waals surface area contributed by atoms with Gasteiger partial charge in [0, 0.05) is 10.9 Å². The molecular formula is C10H11BrO3. The van der Waals surface area contributed by atoms with E-state index in [4.69, 9.17) is 10.2 Å². The van der Waals surface area contributed by atoms with E-state index in [1.54, 1.807) is 0 Å². The van der Waals surface area contributed by atoms with Crippen molar-refractivity contribution in [2.45, 2.75) is 19.4 Å². The number of carboxylic acids is 1. The van der Waals surface area contributed by atoms with Gasteiger partial charge in [0.25, 0.3) is 0 Å². The van der Waals surface area contributed by atoms with Crippen LogP contribution in [-0.4, -0.2) is 16.2 Å². The number of aryl methyl sites for hydroxylation is 1. The number of hydrogen-bond acceptors (Lipinski definition) is 2. The van der Waals surface area contributed by atoms with Gasteiger partial charge in [-0.1, -0.05) is 28.1 Å². The summed E-state index contributed by atoms with van der Waals surface area (Å²) < 4.78 is 0.822. The number of rotatable bonds is 4. The molecular weight excluding hydrogens is 248 g/mol. The van der Waals surface area contributed by atoms with Gasteiger partial charge in [0.05, 0.1) is 6.61 Å². The van der Waals surface area contributed by atoms with Crippen LogP contribution in [0.25, 0.3) is 0 Å². The highest BCUT2D eigenvalue weighted by atomic mass is 79.9. The van der Waals surface area contributed by atoms with Gasteiger partial charge in [-0.05, 0) is 23.6 Å². The van der Waals surface area contributed by atoms with E-state index in [0.29, 0.717) is 6.42 Å². The summed E-state index contributed by atoms with van der Waals surface area (Å²) in [4.78, 5) is 10.4. The molecule has 0 saturated carbocycles. The van der Waals surface area contributed by atoms with Crippen LogP contribution < -0.4 is 0 Å². The van der Waals surface area contributed by atoms with E-state index >= 15 is 0 Å². The third kappa shape index (κ3) is 2.82. The third-order valence-corrected chi connectivity index (χ3v) is 2.73. The van der Waals surface area contributed by atoms with Crippen molar-refractivity contribution in [3.05, 3.63) is 33.8 Å². The second kappa shape index (κ2) is 5.12. The molecule has 0 fully saturated rings. The zero-order valence-electron chi connectivity index (χ0n) is 7.53. The second-order valence-corrected chi connectivity index (χ2v) is 3.78. The molecule has 3 nitrogen and oxygen atoms in total. The van der Waals surface area contributed by atoms with Gasteiger partial charge < -0.3 is 10.2 Å². The minimum atomic E-state index is -0.825. The summed E-state index contributed by atoms with van der Waals surface area (Å²) in [6.07, 6.45) is 0.536. The number of carboxylic acid groups (broad SMARTS) is 1. The fourth-order valence-corrected chi connectivity index (χ4v) is 1.79. The van der Waals surface area contributed by atoms with E-state index in [1.165, 1.54) is 0 Å². The molecule has 0 unspecified atom stereocenters. The van der Waals surface area contributed by atoms with Crippen molar-refractivity contribution in [3.8, 4) is 0 Å². The van der Waals surface area contributed by atoms with Crippen LogP contribution >= 0.6 is 15.9 Å². The van der Waals surface area contributed by atoms with Gasteiger partial charge in [-0.2, -0.15) is 0 Å². The van der Waals surface area contributed by atoms with E-state index in [0.717, 1.165) is 15.6 Å². The highest BCUT2D eigenvalue weighted by Gasteiger charge is 2.06. The molecule has 1 aromatic carbocycles. The van der Waals surface area contributed by atoms with Crippen molar-refractivity contribution in [1.82, 2.24) is 0 Å². The van der Waals surface area contributed by atoms with Crippen molar-refractivity contribution in [2.24, 2.45) is 0 Å². The molecule has 14 heavy (non-hydrogen) atoms. The zero-order valence-corrected chi connectivity index (χ0v) is 9.12. The Kier molecular flexibility index (Phi) is 4.10. The lowest BCUT2D eigenvalue weighted by Crippen LogP contribution is -2.01. The Morgan fingerprint density at radius 1 is 1.43 bits per heavy atom. The highest BCUT2D eigenvalue weighted by Crippen LogP contribution is 2.21. The molecule has 1 aromatic rings. The van der Waals surface area contributed by atoms with Gasteiger partial charge in [-0.25, -0.2) is 0 Å². The van der Waals surface area contributed by atoms with Gasteiger partial charge in [0.1, 0.15) is 0 Å². The second-order valence-electron chi connectivity index (χ2n) is 2.93. The monoisotopic (exact) mass is 258 g/mol. The van der Waals surface area contributed by atoms with Crippen molar-refractivity contribution in [3.63, 3.8) is 0 Å². The lowest BCUT2D eigenvalue weighted by atomic mass is 10.0. The number of aliphatic carboxylic acids is 1. The maximum atomic E-state index is 10.4. The molecule has 0 spiro atoms. The van der Waals surface area contributed by atoms with Crippen LogP contribution in [0.1, 0.15) is 17.5 Å². The fraction of sp³-hybridized carbons (Fsp3) is 0.300. The number of benzene rings is 1. The maximum absolute atomic E-state index is 10.4. The molecule has 0 aliphatic rings. The van der Waals surface area contributed by atoms with Crippen molar-refractivity contribution >= 4 is 21.9 Å². The Morgan fingerprint density at radius 3 is 2.71 bits per heavy atom. The van der Waals surface area contributed by atoms with Gasteiger partial charge in [-0.15, -0.1) is 0 Å². The lowest BCUT2D eigenvalue weighted by Gasteiger charge is -2.07. The Hall–Kier alpha value is -0.870. The van der Waals surface area contributed by atoms with Crippen LogP contribution in [0.5, 0.6) is 0 Å². The normalized spacial score (nSPS) is 10.1. The first-order valence-electron chi connectivity index (χ1n) is 4.24. The average molecular weight is 259 g/mol. The van der Waals surface area contributed by atoms with Crippen LogP contribution in [0.4, 0.5) is 0 Å². The van der Waals surface area contributed by atoms with Crippen LogP contribution in [-0.2, 0) is 17.8 Å². The molecule has 0 amide bonds. The zero-order chi connectivity index (χ0) is 10.6. The molecule has 4 heteroatoms. The van der Waals surface area contributed by atoms with Crippen molar-refractivity contribution in [2.75, 3.05) is 0 Å². The molecule has 0 aliphatic heterocycles. The summed E-state index contributed by atoms with van der Waals surface area (Å²) in [6, 6.07) is 5.50. The van der Waals surface area contributed by atoms with Crippen molar-refractivity contribution < 1.29 is 15.0 Å². The first-order chi connectivity index (χ1) is 6.65. The minimum Gasteiger partial charge on any atom is -0.481 e. The molecule has 0 heterocycles. The molecule has 0 aromatic heterocycles. The molecule has 1 rings (SSSR count). The standard InChI is InChI=1S/C10H11BrO3/c11-9-3-1-2-7(8(9)6-12)4-5-10(13)14/h1-3,12H,4-6H2,(H,13,14). The first-order valence-corrected chi connectivity index (χ1v) is 5.03. The fourth-order valence-electron chi connectivity index (χ4n) is 1.26. The van der Waals surface area contributed by atoms with Crippen LogP contribution in [0.3, 0.4) is 0 Å².